The summed E-state index contributed by atoms with van der Waals surface area (Å²) in [6.07, 6.45) is 1.80. The van der Waals surface area contributed by atoms with Crippen molar-refractivity contribution < 1.29 is 9.32 Å². The van der Waals surface area contributed by atoms with E-state index in [9.17, 15) is 4.79 Å². The normalized spacial score (nSPS) is 11.9. The van der Waals surface area contributed by atoms with Gasteiger partial charge in [0.2, 0.25) is 0 Å². The smallest absolute Gasteiger partial charge is 0.257 e. The fraction of sp³-hybridized carbons (Fsp3) is 0.238. The second-order valence-electron chi connectivity index (χ2n) is 6.23. The minimum Gasteiger partial charge on any atom is -0.360 e. The highest BCUT2D eigenvalue weighted by molar-refractivity contribution is 6.00. The van der Waals surface area contributed by atoms with Crippen molar-refractivity contribution in [1.82, 2.24) is 10.5 Å². The summed E-state index contributed by atoms with van der Waals surface area (Å²) < 4.78 is 5.27. The third-order valence-electron chi connectivity index (χ3n) is 4.22. The lowest BCUT2D eigenvalue weighted by Gasteiger charge is -2.14. The van der Waals surface area contributed by atoms with E-state index in [0.29, 0.717) is 17.0 Å². The molecule has 0 aliphatic heterocycles. The molecule has 1 N–H and O–H groups in total. The Morgan fingerprint density at radius 3 is 2.40 bits per heavy atom. The number of aryl methyl sites for hydroxylation is 2. The Balaban J connectivity index is 1.68. The Bertz CT molecular complexity index is 826. The molecule has 0 fully saturated rings. The summed E-state index contributed by atoms with van der Waals surface area (Å²) in [4.78, 5) is 12.7. The van der Waals surface area contributed by atoms with Crippen molar-refractivity contribution in [1.29, 1.82) is 0 Å². The summed E-state index contributed by atoms with van der Waals surface area (Å²) in [5.74, 6) is 0.393. The second-order valence-corrected chi connectivity index (χ2v) is 6.23. The van der Waals surface area contributed by atoms with Gasteiger partial charge in [-0.25, -0.2) is 0 Å². The van der Waals surface area contributed by atoms with Crippen molar-refractivity contribution in [3.8, 4) is 11.3 Å². The average Bonchev–Trinajstić information content (AvgIpc) is 3.03. The standard InChI is InChI=1S/C21H22N2O2/c1-15(13-14-17-9-5-3-6-10-17)22-21(24)19-16(2)25-23-20(19)18-11-7-4-8-12-18/h3-12,15H,13-14H2,1-2H3,(H,22,24)/t15-/m1/s1. The van der Waals surface area contributed by atoms with Crippen molar-refractivity contribution in [3.63, 3.8) is 0 Å². The first-order valence-corrected chi connectivity index (χ1v) is 8.51. The van der Waals surface area contributed by atoms with Gasteiger partial charge < -0.3 is 9.84 Å². The van der Waals surface area contributed by atoms with Crippen LogP contribution in [0.25, 0.3) is 11.3 Å². The zero-order valence-electron chi connectivity index (χ0n) is 14.5. The van der Waals surface area contributed by atoms with Gasteiger partial charge in [-0.2, -0.15) is 0 Å². The predicted molar refractivity (Wildman–Crippen MR) is 98.4 cm³/mol. The van der Waals surface area contributed by atoms with Gasteiger partial charge in [0.25, 0.3) is 5.91 Å². The summed E-state index contributed by atoms with van der Waals surface area (Å²) in [6.45, 7) is 3.79. The van der Waals surface area contributed by atoms with Gasteiger partial charge in [0, 0.05) is 11.6 Å². The number of nitrogens with zero attached hydrogens (tertiary/aromatic N) is 1. The summed E-state index contributed by atoms with van der Waals surface area (Å²) in [6, 6.07) is 20.0. The van der Waals surface area contributed by atoms with Gasteiger partial charge in [-0.3, -0.25) is 4.79 Å². The number of amides is 1. The lowest BCUT2D eigenvalue weighted by Crippen LogP contribution is -2.33. The van der Waals surface area contributed by atoms with E-state index in [4.69, 9.17) is 4.52 Å². The van der Waals surface area contributed by atoms with Gasteiger partial charge in [0.15, 0.2) is 0 Å². The van der Waals surface area contributed by atoms with Crippen molar-refractivity contribution >= 4 is 5.91 Å². The SMILES string of the molecule is Cc1onc(-c2ccccc2)c1C(=O)N[C@H](C)CCc1ccccc1. The zero-order chi connectivity index (χ0) is 17.6. The predicted octanol–water partition coefficient (Wildman–Crippen LogP) is 4.40. The molecule has 0 unspecified atom stereocenters. The van der Waals surface area contributed by atoms with Crippen LogP contribution in [0.4, 0.5) is 0 Å². The molecule has 1 heterocycles. The minimum atomic E-state index is -0.141. The Hall–Kier alpha value is -2.88. The van der Waals surface area contributed by atoms with Gasteiger partial charge in [0.05, 0.1) is 0 Å². The van der Waals surface area contributed by atoms with E-state index in [-0.39, 0.29) is 11.9 Å². The molecule has 0 saturated carbocycles. The van der Waals surface area contributed by atoms with Crippen LogP contribution in [0.5, 0.6) is 0 Å². The second kappa shape index (κ2) is 7.79. The van der Waals surface area contributed by atoms with E-state index in [0.717, 1.165) is 18.4 Å². The first-order chi connectivity index (χ1) is 12.1. The first-order valence-electron chi connectivity index (χ1n) is 8.51. The Morgan fingerprint density at radius 1 is 1.08 bits per heavy atom. The molecule has 4 heteroatoms. The molecule has 1 aromatic heterocycles. The number of aromatic nitrogens is 1. The summed E-state index contributed by atoms with van der Waals surface area (Å²) in [7, 11) is 0. The Kier molecular flexibility index (Phi) is 5.29. The minimum absolute atomic E-state index is 0.0608. The van der Waals surface area contributed by atoms with Gasteiger partial charge in [0.1, 0.15) is 17.0 Å². The molecule has 0 radical (unpaired) electrons. The zero-order valence-corrected chi connectivity index (χ0v) is 14.5. The number of rotatable bonds is 6. The van der Waals surface area contributed by atoms with Crippen LogP contribution in [0, 0.1) is 6.92 Å². The monoisotopic (exact) mass is 334 g/mol. The molecule has 2 aromatic carbocycles. The summed E-state index contributed by atoms with van der Waals surface area (Å²) in [5, 5.41) is 7.14. The maximum absolute atomic E-state index is 12.7. The molecule has 1 amide bonds. The lowest BCUT2D eigenvalue weighted by atomic mass is 10.0. The van der Waals surface area contributed by atoms with Crippen LogP contribution >= 0.6 is 0 Å². The Morgan fingerprint density at radius 2 is 1.72 bits per heavy atom. The van der Waals surface area contributed by atoms with Gasteiger partial charge in [-0.15, -0.1) is 0 Å². The quantitative estimate of drug-likeness (QED) is 0.727. The van der Waals surface area contributed by atoms with Crippen LogP contribution in [0.3, 0.4) is 0 Å². The summed E-state index contributed by atoms with van der Waals surface area (Å²) in [5.41, 5.74) is 3.25. The van der Waals surface area contributed by atoms with E-state index in [1.807, 2.05) is 55.5 Å². The number of carbonyl (C=O) groups excluding carboxylic acids is 1. The van der Waals surface area contributed by atoms with Crippen molar-refractivity contribution in [3.05, 3.63) is 77.6 Å². The maximum atomic E-state index is 12.7. The van der Waals surface area contributed by atoms with Gasteiger partial charge in [-0.1, -0.05) is 65.8 Å². The fourth-order valence-corrected chi connectivity index (χ4v) is 2.83. The molecular formula is C21H22N2O2. The molecule has 4 nitrogen and oxygen atoms in total. The number of nitrogens with one attached hydrogen (secondary N) is 1. The molecular weight excluding hydrogens is 312 g/mol. The van der Waals surface area contributed by atoms with E-state index < -0.39 is 0 Å². The maximum Gasteiger partial charge on any atom is 0.257 e. The highest BCUT2D eigenvalue weighted by Gasteiger charge is 2.22. The highest BCUT2D eigenvalue weighted by atomic mass is 16.5. The average molecular weight is 334 g/mol. The third kappa shape index (κ3) is 4.15. The number of hydrogen-bond donors (Lipinski definition) is 1. The fourth-order valence-electron chi connectivity index (χ4n) is 2.83. The van der Waals surface area contributed by atoms with Crippen molar-refractivity contribution in [2.24, 2.45) is 0 Å². The number of hydrogen-bond acceptors (Lipinski definition) is 3. The van der Waals surface area contributed by atoms with Crippen LogP contribution < -0.4 is 5.32 Å². The van der Waals surface area contributed by atoms with E-state index in [1.54, 1.807) is 6.92 Å². The number of carbonyl (C=O) groups is 1. The molecule has 25 heavy (non-hydrogen) atoms. The van der Waals surface area contributed by atoms with E-state index in [1.165, 1.54) is 5.56 Å². The summed E-state index contributed by atoms with van der Waals surface area (Å²) >= 11 is 0. The molecule has 0 spiro atoms. The molecule has 3 rings (SSSR count). The van der Waals surface area contributed by atoms with Crippen molar-refractivity contribution in [2.45, 2.75) is 32.7 Å². The van der Waals surface area contributed by atoms with Crippen LogP contribution in [0.2, 0.25) is 0 Å². The molecule has 3 aromatic rings. The molecule has 0 aliphatic carbocycles. The van der Waals surface area contributed by atoms with Gasteiger partial charge in [-0.05, 0) is 32.3 Å². The van der Waals surface area contributed by atoms with Crippen LogP contribution in [0.1, 0.15) is 35.0 Å². The van der Waals surface area contributed by atoms with Crippen LogP contribution in [0.15, 0.2) is 65.2 Å². The highest BCUT2D eigenvalue weighted by Crippen LogP contribution is 2.25. The molecule has 128 valence electrons. The lowest BCUT2D eigenvalue weighted by molar-refractivity contribution is 0.0937. The molecule has 0 aliphatic rings. The largest absolute Gasteiger partial charge is 0.360 e. The third-order valence-corrected chi connectivity index (χ3v) is 4.22. The van der Waals surface area contributed by atoms with E-state index in [2.05, 4.69) is 22.6 Å². The molecule has 0 bridgehead atoms. The van der Waals surface area contributed by atoms with Crippen LogP contribution in [-0.2, 0) is 6.42 Å². The number of benzene rings is 2. The first kappa shape index (κ1) is 17.0. The molecule has 1 atom stereocenters. The van der Waals surface area contributed by atoms with Gasteiger partial charge >= 0.3 is 0 Å². The van der Waals surface area contributed by atoms with Crippen LogP contribution in [-0.4, -0.2) is 17.1 Å². The van der Waals surface area contributed by atoms with E-state index >= 15 is 0 Å². The molecule has 0 saturated heterocycles. The topological polar surface area (TPSA) is 55.1 Å². The van der Waals surface area contributed by atoms with Crippen molar-refractivity contribution in [2.75, 3.05) is 0 Å². The Labute approximate surface area is 147 Å².